The maximum atomic E-state index is 11.8. The molecule has 0 fully saturated rings. The fraction of sp³-hybridized carbons (Fsp3) is 0.500. The number of ether oxygens (including phenoxy) is 1. The first-order chi connectivity index (χ1) is 9.21. The van der Waals surface area contributed by atoms with Gasteiger partial charge in [0.15, 0.2) is 0 Å². The molecule has 5 heteroatoms. The Morgan fingerprint density at radius 1 is 1.42 bits per heavy atom. The van der Waals surface area contributed by atoms with Crippen LogP contribution in [0, 0.1) is 0 Å². The van der Waals surface area contributed by atoms with Gasteiger partial charge in [-0.05, 0) is 31.5 Å². The summed E-state index contributed by atoms with van der Waals surface area (Å²) in [5.74, 6) is 0.803. The van der Waals surface area contributed by atoms with Crippen molar-refractivity contribution in [1.29, 1.82) is 0 Å². The zero-order valence-electron chi connectivity index (χ0n) is 11.6. The highest BCUT2D eigenvalue weighted by Crippen LogP contribution is 2.13. The third-order valence-electron chi connectivity index (χ3n) is 2.69. The molecule has 0 aliphatic heterocycles. The minimum atomic E-state index is -0.168. The molecule has 0 atom stereocenters. The molecule has 2 N–H and O–H groups in total. The molecule has 0 saturated heterocycles. The third kappa shape index (κ3) is 5.18. The first-order valence-corrected chi connectivity index (χ1v) is 6.56. The van der Waals surface area contributed by atoms with Crippen LogP contribution < -0.4 is 10.1 Å². The zero-order valence-corrected chi connectivity index (χ0v) is 11.6. The van der Waals surface area contributed by atoms with Gasteiger partial charge in [-0.25, -0.2) is 4.79 Å². The lowest BCUT2D eigenvalue weighted by molar-refractivity contribution is 0.180. The second-order valence-corrected chi connectivity index (χ2v) is 4.04. The van der Waals surface area contributed by atoms with Crippen molar-refractivity contribution in [2.45, 2.75) is 20.4 Å². The largest absolute Gasteiger partial charge is 0.494 e. The Bertz CT molecular complexity index is 396. The van der Waals surface area contributed by atoms with Crippen molar-refractivity contribution >= 4 is 6.03 Å². The number of nitrogens with one attached hydrogen (secondary N) is 1. The van der Waals surface area contributed by atoms with Gasteiger partial charge in [-0.3, -0.25) is 0 Å². The Balaban J connectivity index is 2.51. The lowest BCUT2D eigenvalue weighted by atomic mass is 10.2. The highest BCUT2D eigenvalue weighted by Gasteiger charge is 2.09. The predicted octanol–water partition coefficient (Wildman–Crippen LogP) is 1.61. The molecule has 0 unspecified atom stereocenters. The second kappa shape index (κ2) is 8.37. The van der Waals surface area contributed by atoms with Crippen molar-refractivity contribution in [3.8, 4) is 5.75 Å². The maximum absolute atomic E-state index is 11.8. The van der Waals surface area contributed by atoms with Crippen LogP contribution in [0.5, 0.6) is 5.75 Å². The van der Waals surface area contributed by atoms with E-state index in [0.717, 1.165) is 11.3 Å². The second-order valence-electron chi connectivity index (χ2n) is 4.04. The fourth-order valence-electron chi connectivity index (χ4n) is 1.73. The van der Waals surface area contributed by atoms with E-state index in [2.05, 4.69) is 5.32 Å². The number of carbonyl (C=O) groups excluding carboxylic acids is 1. The number of benzene rings is 1. The van der Waals surface area contributed by atoms with Gasteiger partial charge in [-0.15, -0.1) is 0 Å². The Hall–Kier alpha value is -1.75. The Kier molecular flexibility index (Phi) is 6.74. The normalized spacial score (nSPS) is 10.1. The average Bonchev–Trinajstić information content (AvgIpc) is 2.43. The number of aliphatic hydroxyl groups is 1. The molecule has 0 aliphatic carbocycles. The van der Waals surface area contributed by atoms with E-state index in [-0.39, 0.29) is 12.6 Å². The van der Waals surface area contributed by atoms with Gasteiger partial charge < -0.3 is 20.1 Å². The summed E-state index contributed by atoms with van der Waals surface area (Å²) in [6.07, 6.45) is 0. The van der Waals surface area contributed by atoms with E-state index in [1.807, 2.05) is 38.1 Å². The van der Waals surface area contributed by atoms with Crippen molar-refractivity contribution < 1.29 is 14.6 Å². The molecule has 2 amide bonds. The summed E-state index contributed by atoms with van der Waals surface area (Å²) < 4.78 is 5.40. The van der Waals surface area contributed by atoms with Gasteiger partial charge in [-0.2, -0.15) is 0 Å². The molecular formula is C14H22N2O3. The average molecular weight is 266 g/mol. The zero-order chi connectivity index (χ0) is 14.1. The molecule has 1 aromatic rings. The van der Waals surface area contributed by atoms with Gasteiger partial charge in [0.05, 0.1) is 13.2 Å². The molecular weight excluding hydrogens is 244 g/mol. The molecule has 1 aromatic carbocycles. The topological polar surface area (TPSA) is 61.8 Å². The summed E-state index contributed by atoms with van der Waals surface area (Å²) in [6.45, 7) is 5.78. The lowest BCUT2D eigenvalue weighted by Crippen LogP contribution is -2.41. The van der Waals surface area contributed by atoms with Crippen LogP contribution in [0.2, 0.25) is 0 Å². The number of rotatable bonds is 7. The molecule has 0 saturated carbocycles. The maximum Gasteiger partial charge on any atom is 0.317 e. The van der Waals surface area contributed by atoms with E-state index >= 15 is 0 Å². The number of amides is 2. The van der Waals surface area contributed by atoms with Crippen molar-refractivity contribution in [3.05, 3.63) is 29.8 Å². The van der Waals surface area contributed by atoms with Gasteiger partial charge in [0.25, 0.3) is 0 Å². The number of aliphatic hydroxyl groups excluding tert-OH is 1. The summed E-state index contributed by atoms with van der Waals surface area (Å²) in [5, 5.41) is 11.7. The van der Waals surface area contributed by atoms with Crippen LogP contribution in [-0.2, 0) is 6.54 Å². The summed E-state index contributed by atoms with van der Waals surface area (Å²) in [6, 6.07) is 7.46. The van der Waals surface area contributed by atoms with E-state index in [1.165, 1.54) is 0 Å². The van der Waals surface area contributed by atoms with Gasteiger partial charge in [0, 0.05) is 19.6 Å². The van der Waals surface area contributed by atoms with Gasteiger partial charge in [0.2, 0.25) is 0 Å². The molecule has 0 aliphatic rings. The summed E-state index contributed by atoms with van der Waals surface area (Å²) in [4.78, 5) is 13.4. The number of carbonyl (C=O) groups is 1. The molecule has 0 heterocycles. The van der Waals surface area contributed by atoms with Crippen molar-refractivity contribution in [2.24, 2.45) is 0 Å². The molecule has 19 heavy (non-hydrogen) atoms. The standard InChI is InChI=1S/C14H22N2O3/c1-3-16(8-9-17)14(18)15-11-12-6-5-7-13(10-12)19-4-2/h5-7,10,17H,3-4,8-9,11H2,1-2H3,(H,15,18). The van der Waals surface area contributed by atoms with Gasteiger partial charge in [-0.1, -0.05) is 12.1 Å². The van der Waals surface area contributed by atoms with Crippen molar-refractivity contribution in [2.75, 3.05) is 26.3 Å². The van der Waals surface area contributed by atoms with E-state index < -0.39 is 0 Å². The summed E-state index contributed by atoms with van der Waals surface area (Å²) in [5.41, 5.74) is 0.986. The highest BCUT2D eigenvalue weighted by atomic mass is 16.5. The van der Waals surface area contributed by atoms with Crippen LogP contribution in [0.25, 0.3) is 0 Å². The number of hydrogen-bond donors (Lipinski definition) is 2. The van der Waals surface area contributed by atoms with Crippen molar-refractivity contribution in [3.63, 3.8) is 0 Å². The summed E-state index contributed by atoms with van der Waals surface area (Å²) >= 11 is 0. The number of nitrogens with zero attached hydrogens (tertiary/aromatic N) is 1. The minimum Gasteiger partial charge on any atom is -0.494 e. The predicted molar refractivity (Wildman–Crippen MR) is 74.2 cm³/mol. The van der Waals surface area contributed by atoms with E-state index in [9.17, 15) is 4.79 Å². The number of hydrogen-bond acceptors (Lipinski definition) is 3. The van der Waals surface area contributed by atoms with Gasteiger partial charge >= 0.3 is 6.03 Å². The SMILES string of the molecule is CCOc1cccc(CNC(=O)N(CC)CCO)c1. The molecule has 5 nitrogen and oxygen atoms in total. The third-order valence-corrected chi connectivity index (χ3v) is 2.69. The Morgan fingerprint density at radius 3 is 2.84 bits per heavy atom. The van der Waals surface area contributed by atoms with Gasteiger partial charge in [0.1, 0.15) is 5.75 Å². The van der Waals surface area contributed by atoms with Crippen LogP contribution >= 0.6 is 0 Å². The number of likely N-dealkylation sites (N-methyl/N-ethyl adjacent to an activating group) is 1. The van der Waals surface area contributed by atoms with Crippen LogP contribution in [0.4, 0.5) is 4.79 Å². The molecule has 106 valence electrons. The fourth-order valence-corrected chi connectivity index (χ4v) is 1.73. The van der Waals surface area contributed by atoms with E-state index in [1.54, 1.807) is 4.90 Å². The highest BCUT2D eigenvalue weighted by molar-refractivity contribution is 5.74. The lowest BCUT2D eigenvalue weighted by Gasteiger charge is -2.20. The number of urea groups is 1. The molecule has 0 aromatic heterocycles. The molecule has 0 spiro atoms. The van der Waals surface area contributed by atoms with E-state index in [4.69, 9.17) is 9.84 Å². The first-order valence-electron chi connectivity index (χ1n) is 6.56. The van der Waals surface area contributed by atoms with Crippen molar-refractivity contribution in [1.82, 2.24) is 10.2 Å². The van der Waals surface area contributed by atoms with Crippen LogP contribution in [0.3, 0.4) is 0 Å². The Labute approximate surface area is 114 Å². The van der Waals surface area contributed by atoms with Crippen LogP contribution in [0.15, 0.2) is 24.3 Å². The monoisotopic (exact) mass is 266 g/mol. The first kappa shape index (κ1) is 15.3. The van der Waals surface area contributed by atoms with Crippen LogP contribution in [0.1, 0.15) is 19.4 Å². The summed E-state index contributed by atoms with van der Waals surface area (Å²) in [7, 11) is 0. The smallest absolute Gasteiger partial charge is 0.317 e. The molecule has 0 bridgehead atoms. The minimum absolute atomic E-state index is 0.0267. The molecule has 0 radical (unpaired) electrons. The quantitative estimate of drug-likeness (QED) is 0.788. The molecule has 1 rings (SSSR count). The Morgan fingerprint density at radius 2 is 2.21 bits per heavy atom. The van der Waals surface area contributed by atoms with Crippen LogP contribution in [-0.4, -0.2) is 42.3 Å². The van der Waals surface area contributed by atoms with E-state index in [0.29, 0.717) is 26.2 Å².